The molecule has 1 saturated carbocycles. The zero-order valence-electron chi connectivity index (χ0n) is 25.2. The predicted octanol–water partition coefficient (Wildman–Crippen LogP) is 12.0. The third-order valence-electron chi connectivity index (χ3n) is 8.84. The summed E-state index contributed by atoms with van der Waals surface area (Å²) in [5.74, 6) is -5.22. The standard InChI is InChI=1S/C37H35F7O/c1-3-4-5-6-23-8-10-24(11-9-23)25-12-15-29(32(39)17-25)26-13-16-30(33(40)18-26)27-19-34(41)36(35(42)20-27)37(43,44)45-28-14-7-22(2)31(38)21-28/h7,12-21,23-24H,3-6,8-11H2,1-2H3. The molecule has 0 aromatic heterocycles. The Morgan fingerprint density at radius 3 is 1.91 bits per heavy atom. The van der Waals surface area contributed by atoms with Crippen LogP contribution in [0.4, 0.5) is 30.7 Å². The van der Waals surface area contributed by atoms with Gasteiger partial charge >= 0.3 is 6.11 Å². The van der Waals surface area contributed by atoms with Crippen LogP contribution in [0.1, 0.15) is 80.9 Å². The van der Waals surface area contributed by atoms with Crippen LogP contribution in [0.15, 0.2) is 66.7 Å². The van der Waals surface area contributed by atoms with Crippen LogP contribution in [0.25, 0.3) is 22.3 Å². The highest BCUT2D eigenvalue weighted by atomic mass is 19.3. The topological polar surface area (TPSA) is 9.23 Å². The van der Waals surface area contributed by atoms with Crippen molar-refractivity contribution in [1.29, 1.82) is 0 Å². The van der Waals surface area contributed by atoms with Crippen LogP contribution in [0, 0.1) is 41.9 Å². The van der Waals surface area contributed by atoms with Crippen LogP contribution in [0.2, 0.25) is 0 Å². The molecule has 5 rings (SSSR count). The van der Waals surface area contributed by atoms with Gasteiger partial charge < -0.3 is 4.74 Å². The summed E-state index contributed by atoms with van der Waals surface area (Å²) in [6.45, 7) is 3.61. The molecule has 1 aliphatic rings. The molecule has 0 bridgehead atoms. The van der Waals surface area contributed by atoms with E-state index >= 15 is 8.78 Å². The second-order valence-corrected chi connectivity index (χ2v) is 12.0. The van der Waals surface area contributed by atoms with E-state index in [9.17, 15) is 22.0 Å². The van der Waals surface area contributed by atoms with Crippen LogP contribution in [-0.2, 0) is 6.11 Å². The number of benzene rings is 4. The van der Waals surface area contributed by atoms with Gasteiger partial charge in [0.15, 0.2) is 0 Å². The number of hydrogen-bond acceptors (Lipinski definition) is 1. The Kier molecular flexibility index (Phi) is 9.90. The van der Waals surface area contributed by atoms with Gasteiger partial charge in [-0.05, 0) is 97.0 Å². The van der Waals surface area contributed by atoms with E-state index in [-0.39, 0.29) is 33.7 Å². The van der Waals surface area contributed by atoms with Crippen molar-refractivity contribution in [2.75, 3.05) is 0 Å². The van der Waals surface area contributed by atoms with Crippen LogP contribution in [0.3, 0.4) is 0 Å². The van der Waals surface area contributed by atoms with E-state index < -0.39 is 46.5 Å². The maximum atomic E-state index is 15.3. The average molecular weight is 629 g/mol. The van der Waals surface area contributed by atoms with Crippen LogP contribution < -0.4 is 4.74 Å². The van der Waals surface area contributed by atoms with Crippen molar-refractivity contribution in [2.24, 2.45) is 5.92 Å². The third-order valence-corrected chi connectivity index (χ3v) is 8.84. The molecule has 0 unspecified atom stereocenters. The first-order valence-electron chi connectivity index (χ1n) is 15.4. The molecule has 1 aliphatic carbocycles. The Morgan fingerprint density at radius 1 is 0.667 bits per heavy atom. The largest absolute Gasteiger partial charge is 0.432 e. The lowest BCUT2D eigenvalue weighted by Crippen LogP contribution is -2.25. The van der Waals surface area contributed by atoms with E-state index in [4.69, 9.17) is 0 Å². The number of rotatable bonds is 10. The van der Waals surface area contributed by atoms with Gasteiger partial charge in [0.05, 0.1) is 0 Å². The summed E-state index contributed by atoms with van der Waals surface area (Å²) in [4.78, 5) is 0. The van der Waals surface area contributed by atoms with Gasteiger partial charge in [-0.15, -0.1) is 0 Å². The van der Waals surface area contributed by atoms with Gasteiger partial charge in [-0.3, -0.25) is 0 Å². The number of halogens is 7. The first kappa shape index (κ1) is 32.6. The molecule has 238 valence electrons. The van der Waals surface area contributed by atoms with E-state index in [1.54, 1.807) is 6.07 Å². The highest BCUT2D eigenvalue weighted by molar-refractivity contribution is 5.72. The van der Waals surface area contributed by atoms with Gasteiger partial charge in [0.1, 0.15) is 40.4 Å². The Labute approximate surface area is 259 Å². The maximum Gasteiger partial charge on any atom is 0.432 e. The lowest BCUT2D eigenvalue weighted by molar-refractivity contribution is -0.189. The molecule has 0 spiro atoms. The molecule has 1 fully saturated rings. The molecule has 0 heterocycles. The first-order chi connectivity index (χ1) is 21.5. The maximum absolute atomic E-state index is 15.3. The molecular weight excluding hydrogens is 593 g/mol. The zero-order chi connectivity index (χ0) is 32.3. The monoisotopic (exact) mass is 628 g/mol. The molecule has 1 nitrogen and oxygen atoms in total. The normalized spacial score (nSPS) is 17.0. The van der Waals surface area contributed by atoms with Gasteiger partial charge in [-0.2, -0.15) is 8.78 Å². The molecule has 0 radical (unpaired) electrons. The Hall–Kier alpha value is -3.81. The highest BCUT2D eigenvalue weighted by Gasteiger charge is 2.41. The number of aryl methyl sites for hydroxylation is 1. The van der Waals surface area contributed by atoms with E-state index in [1.165, 1.54) is 56.9 Å². The quantitative estimate of drug-likeness (QED) is 0.125. The molecule has 0 amide bonds. The minimum absolute atomic E-state index is 0.172. The van der Waals surface area contributed by atoms with E-state index in [2.05, 4.69) is 11.7 Å². The van der Waals surface area contributed by atoms with E-state index in [0.717, 1.165) is 49.3 Å². The predicted molar refractivity (Wildman–Crippen MR) is 162 cm³/mol. The van der Waals surface area contributed by atoms with Gasteiger partial charge in [-0.25, -0.2) is 22.0 Å². The van der Waals surface area contributed by atoms with Crippen molar-refractivity contribution in [3.63, 3.8) is 0 Å². The van der Waals surface area contributed by atoms with Crippen molar-refractivity contribution in [1.82, 2.24) is 0 Å². The smallest absolute Gasteiger partial charge is 0.429 e. The van der Waals surface area contributed by atoms with Crippen molar-refractivity contribution >= 4 is 0 Å². The Bertz CT molecular complexity index is 1630. The number of alkyl halides is 2. The summed E-state index contributed by atoms with van der Waals surface area (Å²) < 4.78 is 108. The molecule has 4 aromatic rings. The summed E-state index contributed by atoms with van der Waals surface area (Å²) in [5, 5.41) is 0. The third kappa shape index (κ3) is 7.37. The fraction of sp³-hybridized carbons (Fsp3) is 0.351. The summed E-state index contributed by atoms with van der Waals surface area (Å²) >= 11 is 0. The second-order valence-electron chi connectivity index (χ2n) is 12.0. The highest BCUT2D eigenvalue weighted by Crippen LogP contribution is 2.40. The molecule has 4 aromatic carbocycles. The van der Waals surface area contributed by atoms with Gasteiger partial charge in [0, 0.05) is 17.2 Å². The average Bonchev–Trinajstić information content (AvgIpc) is 2.98. The van der Waals surface area contributed by atoms with E-state index in [1.807, 2.05) is 6.07 Å². The Morgan fingerprint density at radius 2 is 1.29 bits per heavy atom. The fourth-order valence-corrected chi connectivity index (χ4v) is 6.25. The molecule has 0 atom stereocenters. The lowest BCUT2D eigenvalue weighted by Gasteiger charge is -2.29. The van der Waals surface area contributed by atoms with Crippen LogP contribution in [0.5, 0.6) is 5.75 Å². The summed E-state index contributed by atoms with van der Waals surface area (Å²) in [5.41, 5.74) is -0.809. The summed E-state index contributed by atoms with van der Waals surface area (Å²) in [6, 6.07) is 12.7. The lowest BCUT2D eigenvalue weighted by atomic mass is 9.77. The van der Waals surface area contributed by atoms with Crippen LogP contribution >= 0.6 is 0 Å². The van der Waals surface area contributed by atoms with E-state index in [0.29, 0.717) is 18.2 Å². The van der Waals surface area contributed by atoms with Crippen LogP contribution in [-0.4, -0.2) is 0 Å². The molecular formula is C37H35F7O. The molecule has 0 saturated heterocycles. The number of hydrogen-bond donors (Lipinski definition) is 0. The van der Waals surface area contributed by atoms with Gasteiger partial charge in [-0.1, -0.05) is 62.9 Å². The molecule has 0 aliphatic heterocycles. The molecule has 8 heteroatoms. The minimum Gasteiger partial charge on any atom is -0.429 e. The molecule has 45 heavy (non-hydrogen) atoms. The number of unbranched alkanes of at least 4 members (excludes halogenated alkanes) is 2. The minimum atomic E-state index is -4.49. The van der Waals surface area contributed by atoms with Crippen molar-refractivity contribution in [2.45, 2.75) is 77.2 Å². The SMILES string of the molecule is CCCCCC1CCC(c2ccc(-c3ccc(-c4cc(F)c(C(F)(F)Oc5ccc(C)c(F)c5)c(F)c4)c(F)c3)c(F)c2)CC1. The molecule has 0 N–H and O–H groups in total. The van der Waals surface area contributed by atoms with Gasteiger partial charge in [0.2, 0.25) is 0 Å². The number of ether oxygens (including phenoxy) is 1. The summed E-state index contributed by atoms with van der Waals surface area (Å²) in [7, 11) is 0. The summed E-state index contributed by atoms with van der Waals surface area (Å²) in [6.07, 6.45) is 4.73. The fourth-order valence-electron chi connectivity index (χ4n) is 6.25. The van der Waals surface area contributed by atoms with Crippen molar-refractivity contribution in [3.05, 3.63) is 113 Å². The Balaban J connectivity index is 1.32. The van der Waals surface area contributed by atoms with Crippen molar-refractivity contribution < 1.29 is 35.5 Å². The second kappa shape index (κ2) is 13.7. The first-order valence-corrected chi connectivity index (χ1v) is 15.4. The van der Waals surface area contributed by atoms with Gasteiger partial charge in [0.25, 0.3) is 0 Å². The van der Waals surface area contributed by atoms with Crippen molar-refractivity contribution in [3.8, 4) is 28.0 Å². The zero-order valence-corrected chi connectivity index (χ0v) is 25.2.